The number of hydrogen-bond acceptors (Lipinski definition) is 6. The lowest BCUT2D eigenvalue weighted by Gasteiger charge is -2.36. The minimum Gasteiger partial charge on any atom is -0.477 e. The third-order valence-corrected chi connectivity index (χ3v) is 7.42. The summed E-state index contributed by atoms with van der Waals surface area (Å²) in [6.45, 7) is 5.08. The molecule has 0 amide bonds. The van der Waals surface area contributed by atoms with Gasteiger partial charge in [-0.25, -0.2) is 9.18 Å². The van der Waals surface area contributed by atoms with Gasteiger partial charge in [0, 0.05) is 43.3 Å². The number of ether oxygens (including phenoxy) is 1. The molecule has 1 aromatic carbocycles. The SMILES string of the molecule is CCOC(=O)CCN1CCC[C@H]2CN(c3cc4c(cc3F)c(=O)c(C(=O)O)cn4C3CC3)C[C@H]21. The van der Waals surface area contributed by atoms with Gasteiger partial charge in [0.05, 0.1) is 24.2 Å². The predicted molar refractivity (Wildman–Crippen MR) is 125 cm³/mol. The highest BCUT2D eigenvalue weighted by molar-refractivity contribution is 5.93. The van der Waals surface area contributed by atoms with E-state index in [-0.39, 0.29) is 29.0 Å². The number of benzene rings is 1. The van der Waals surface area contributed by atoms with Crippen molar-refractivity contribution in [2.24, 2.45) is 5.92 Å². The number of esters is 1. The number of rotatable bonds is 7. The van der Waals surface area contributed by atoms with Crippen LogP contribution in [0.1, 0.15) is 55.4 Å². The predicted octanol–water partition coefficient (Wildman–Crippen LogP) is 3.03. The molecule has 8 nitrogen and oxygen atoms in total. The second-order valence-corrected chi connectivity index (χ2v) is 9.60. The third-order valence-electron chi connectivity index (χ3n) is 7.42. The van der Waals surface area contributed by atoms with Crippen molar-refractivity contribution in [1.82, 2.24) is 9.47 Å². The Morgan fingerprint density at radius 2 is 2.00 bits per heavy atom. The zero-order valence-electron chi connectivity index (χ0n) is 19.3. The number of carbonyl (C=O) groups is 2. The molecular formula is C25H30FN3O5. The fraction of sp³-hybridized carbons (Fsp3) is 0.560. The van der Waals surface area contributed by atoms with Crippen LogP contribution in [0.5, 0.6) is 0 Å². The monoisotopic (exact) mass is 471 g/mol. The second-order valence-electron chi connectivity index (χ2n) is 9.60. The van der Waals surface area contributed by atoms with Gasteiger partial charge in [0.15, 0.2) is 0 Å². The van der Waals surface area contributed by atoms with Crippen LogP contribution in [0.3, 0.4) is 0 Å². The van der Waals surface area contributed by atoms with Crippen LogP contribution in [-0.2, 0) is 9.53 Å². The van der Waals surface area contributed by atoms with Crippen LogP contribution < -0.4 is 10.3 Å². The Kier molecular flexibility index (Phi) is 6.06. The van der Waals surface area contributed by atoms with Gasteiger partial charge < -0.3 is 19.3 Å². The zero-order chi connectivity index (χ0) is 24.0. The van der Waals surface area contributed by atoms with E-state index in [1.807, 2.05) is 9.47 Å². The molecular weight excluding hydrogens is 441 g/mol. The topological polar surface area (TPSA) is 92.1 Å². The van der Waals surface area contributed by atoms with Gasteiger partial charge in [-0.3, -0.25) is 14.5 Å². The minimum absolute atomic E-state index is 0.112. The number of piperidine rings is 1. The molecule has 3 aliphatic rings. The smallest absolute Gasteiger partial charge is 0.341 e. The summed E-state index contributed by atoms with van der Waals surface area (Å²) in [5.74, 6) is -1.62. The fourth-order valence-electron chi connectivity index (χ4n) is 5.62. The van der Waals surface area contributed by atoms with E-state index >= 15 is 4.39 Å². The standard InChI is InChI=1S/C25H30FN3O5/c1-2-34-23(30)7-9-27-8-3-4-15-12-28(14-22(15)27)21-11-20-17(10-19(21)26)24(31)18(25(32)33)13-29(20)16-5-6-16/h10-11,13,15-16,22H,2-9,12,14H2,1H3,(H,32,33)/t15-,22+/m0/s1. The van der Waals surface area contributed by atoms with Gasteiger partial charge in [-0.05, 0) is 57.2 Å². The van der Waals surface area contributed by atoms with Gasteiger partial charge in [0.2, 0.25) is 5.43 Å². The summed E-state index contributed by atoms with van der Waals surface area (Å²) >= 11 is 0. The van der Waals surface area contributed by atoms with E-state index in [1.165, 1.54) is 12.3 Å². The summed E-state index contributed by atoms with van der Waals surface area (Å²) in [6, 6.07) is 3.30. The van der Waals surface area contributed by atoms with E-state index < -0.39 is 17.2 Å². The van der Waals surface area contributed by atoms with Crippen molar-refractivity contribution in [3.8, 4) is 0 Å². The first-order valence-corrected chi connectivity index (χ1v) is 12.1. The first-order chi connectivity index (χ1) is 16.4. The highest BCUT2D eigenvalue weighted by Crippen LogP contribution is 2.39. The fourth-order valence-corrected chi connectivity index (χ4v) is 5.62. The molecule has 2 saturated heterocycles. The van der Waals surface area contributed by atoms with E-state index in [9.17, 15) is 19.5 Å². The molecule has 2 atom stereocenters. The van der Waals surface area contributed by atoms with Crippen LogP contribution in [0.2, 0.25) is 0 Å². The van der Waals surface area contributed by atoms with Crippen LogP contribution in [0.25, 0.3) is 10.9 Å². The summed E-state index contributed by atoms with van der Waals surface area (Å²) < 4.78 is 22.2. The number of aromatic carboxylic acids is 1. The summed E-state index contributed by atoms with van der Waals surface area (Å²) in [5.41, 5.74) is 0.0631. The van der Waals surface area contributed by atoms with Crippen LogP contribution in [-0.4, -0.2) is 65.3 Å². The van der Waals surface area contributed by atoms with Crippen LogP contribution in [0, 0.1) is 11.7 Å². The molecule has 1 N–H and O–H groups in total. The van der Waals surface area contributed by atoms with Gasteiger partial charge in [0.25, 0.3) is 0 Å². The Bertz CT molecular complexity index is 1190. The molecule has 34 heavy (non-hydrogen) atoms. The molecule has 9 heteroatoms. The summed E-state index contributed by atoms with van der Waals surface area (Å²) in [5, 5.41) is 9.56. The van der Waals surface area contributed by atoms with Gasteiger partial charge in [-0.2, -0.15) is 0 Å². The number of pyridine rings is 1. The Hall–Kier alpha value is -2.94. The number of hydrogen-bond donors (Lipinski definition) is 1. The lowest BCUT2D eigenvalue weighted by Crippen LogP contribution is -2.46. The molecule has 2 aliphatic heterocycles. The molecule has 1 aliphatic carbocycles. The van der Waals surface area contributed by atoms with E-state index in [0.717, 1.165) is 32.2 Å². The number of aromatic nitrogens is 1. The van der Waals surface area contributed by atoms with Crippen molar-refractivity contribution in [3.63, 3.8) is 0 Å². The average molecular weight is 472 g/mol. The maximum Gasteiger partial charge on any atom is 0.341 e. The molecule has 1 aromatic heterocycles. The van der Waals surface area contributed by atoms with E-state index in [1.54, 1.807) is 13.0 Å². The van der Waals surface area contributed by atoms with E-state index in [2.05, 4.69) is 4.90 Å². The molecule has 2 aromatic rings. The quantitative estimate of drug-likeness (QED) is 0.621. The second kappa shape index (κ2) is 9.02. The molecule has 0 unspecified atom stereocenters. The largest absolute Gasteiger partial charge is 0.477 e. The van der Waals surface area contributed by atoms with Gasteiger partial charge in [-0.15, -0.1) is 0 Å². The Labute approximate surface area is 196 Å². The minimum atomic E-state index is -1.29. The van der Waals surface area contributed by atoms with Crippen LogP contribution in [0.4, 0.5) is 10.1 Å². The summed E-state index contributed by atoms with van der Waals surface area (Å²) in [7, 11) is 0. The molecule has 182 valence electrons. The maximum atomic E-state index is 15.3. The van der Waals surface area contributed by atoms with Crippen molar-refractivity contribution in [2.75, 3.05) is 37.7 Å². The van der Waals surface area contributed by atoms with Crippen molar-refractivity contribution in [3.05, 3.63) is 39.9 Å². The molecule has 3 fully saturated rings. The molecule has 0 bridgehead atoms. The Balaban J connectivity index is 1.44. The number of carboxylic acid groups (broad SMARTS) is 1. The van der Waals surface area contributed by atoms with Crippen molar-refractivity contribution in [1.29, 1.82) is 0 Å². The number of halogens is 1. The number of anilines is 1. The summed E-state index contributed by atoms with van der Waals surface area (Å²) in [4.78, 5) is 40.5. The Morgan fingerprint density at radius 3 is 2.71 bits per heavy atom. The van der Waals surface area contributed by atoms with Crippen molar-refractivity contribution in [2.45, 2.75) is 51.1 Å². The first-order valence-electron chi connectivity index (χ1n) is 12.1. The molecule has 3 heterocycles. The highest BCUT2D eigenvalue weighted by atomic mass is 19.1. The number of likely N-dealkylation sites (tertiary alicyclic amines) is 1. The normalized spacial score (nSPS) is 22.7. The molecule has 0 spiro atoms. The first kappa shape index (κ1) is 22.8. The van der Waals surface area contributed by atoms with E-state index in [4.69, 9.17) is 4.74 Å². The molecule has 5 rings (SSSR count). The van der Waals surface area contributed by atoms with Gasteiger partial charge in [-0.1, -0.05) is 0 Å². The Morgan fingerprint density at radius 1 is 1.21 bits per heavy atom. The third kappa shape index (κ3) is 4.17. The average Bonchev–Trinajstić information content (AvgIpc) is 3.55. The number of carboxylic acids is 1. The zero-order valence-corrected chi connectivity index (χ0v) is 19.3. The highest BCUT2D eigenvalue weighted by Gasteiger charge is 2.40. The van der Waals surface area contributed by atoms with Gasteiger partial charge >= 0.3 is 11.9 Å². The number of nitrogens with zero attached hydrogens (tertiary/aromatic N) is 3. The van der Waals surface area contributed by atoms with Crippen LogP contribution in [0.15, 0.2) is 23.1 Å². The van der Waals surface area contributed by atoms with Crippen LogP contribution >= 0.6 is 0 Å². The molecule has 0 radical (unpaired) electrons. The van der Waals surface area contributed by atoms with Crippen molar-refractivity contribution < 1.29 is 23.8 Å². The lowest BCUT2D eigenvalue weighted by atomic mass is 9.92. The number of carbonyl (C=O) groups excluding carboxylic acids is 1. The lowest BCUT2D eigenvalue weighted by molar-refractivity contribution is -0.143. The maximum absolute atomic E-state index is 15.3. The van der Waals surface area contributed by atoms with Crippen molar-refractivity contribution >= 4 is 28.5 Å². The molecule has 1 saturated carbocycles. The van der Waals surface area contributed by atoms with E-state index in [0.29, 0.717) is 49.8 Å². The summed E-state index contributed by atoms with van der Waals surface area (Å²) in [6.07, 6.45) is 5.67. The number of fused-ring (bicyclic) bond motifs is 2. The van der Waals surface area contributed by atoms with Gasteiger partial charge in [0.1, 0.15) is 11.4 Å².